The van der Waals surface area contributed by atoms with Gasteiger partial charge in [0.05, 0.1) is 18.4 Å². The number of hydrogen-bond acceptors (Lipinski definition) is 5. The number of rotatable bonds is 4. The summed E-state index contributed by atoms with van der Waals surface area (Å²) in [4.78, 5) is 29.9. The fraction of sp³-hybridized carbons (Fsp3) is 0.545. The highest BCUT2D eigenvalue weighted by Crippen LogP contribution is 2.44. The molecule has 0 amide bonds. The van der Waals surface area contributed by atoms with Crippen molar-refractivity contribution in [1.29, 1.82) is 0 Å². The van der Waals surface area contributed by atoms with Crippen LogP contribution >= 0.6 is 11.3 Å². The Hall–Kier alpha value is -2.19. The highest BCUT2D eigenvalue weighted by Gasteiger charge is 2.39. The summed E-state index contributed by atoms with van der Waals surface area (Å²) in [6.45, 7) is 2.43. The normalized spacial score (nSPS) is 25.8. The lowest BCUT2D eigenvalue weighted by atomic mass is 9.84. The molecule has 6 nitrogen and oxygen atoms in total. The Morgan fingerprint density at radius 2 is 2.10 bits per heavy atom. The molecule has 1 fully saturated rings. The number of aromatic amines is 1. The van der Waals surface area contributed by atoms with Gasteiger partial charge in [-0.3, -0.25) is 14.3 Å². The minimum absolute atomic E-state index is 0.0120. The molecule has 0 aromatic carbocycles. The van der Waals surface area contributed by atoms with E-state index >= 15 is 4.39 Å². The minimum atomic E-state index is -1.48. The van der Waals surface area contributed by atoms with Crippen LogP contribution in [0.2, 0.25) is 0 Å². The van der Waals surface area contributed by atoms with Crippen LogP contribution in [0.1, 0.15) is 65.8 Å². The number of hydrogen-bond donors (Lipinski definition) is 2. The number of fused-ring (bicyclic) bond motifs is 2. The highest BCUT2D eigenvalue weighted by molar-refractivity contribution is 7.12. The molecular weight excluding hydrogens is 405 g/mol. The van der Waals surface area contributed by atoms with Gasteiger partial charge in [-0.15, -0.1) is 11.3 Å². The van der Waals surface area contributed by atoms with Gasteiger partial charge in [0.15, 0.2) is 6.17 Å². The second kappa shape index (κ2) is 7.20. The van der Waals surface area contributed by atoms with Crippen LogP contribution < -0.4 is 27.6 Å². The maximum Gasteiger partial charge on any atom is 0.329 e. The van der Waals surface area contributed by atoms with Gasteiger partial charge in [0.2, 0.25) is 0 Å². The van der Waals surface area contributed by atoms with E-state index in [1.807, 2.05) is 6.92 Å². The molecule has 2 aromatic heterocycles. The molecule has 0 radical (unpaired) electrons. The lowest BCUT2D eigenvalue weighted by Crippen LogP contribution is -2.58. The van der Waals surface area contributed by atoms with E-state index in [-0.39, 0.29) is 17.0 Å². The van der Waals surface area contributed by atoms with E-state index < -0.39 is 23.3 Å². The number of nitrogens with zero attached hydrogens (tertiary/aromatic N) is 1. The highest BCUT2D eigenvalue weighted by atomic mass is 32.1. The summed E-state index contributed by atoms with van der Waals surface area (Å²) >= 11 is 1.64. The average molecular weight is 432 g/mol. The van der Waals surface area contributed by atoms with Crippen molar-refractivity contribution >= 4 is 22.7 Å². The molecule has 3 N–H and O–H groups in total. The van der Waals surface area contributed by atoms with E-state index in [0.717, 1.165) is 42.6 Å². The number of ether oxygens (including phenoxy) is 1. The molecule has 0 spiro atoms. The van der Waals surface area contributed by atoms with Crippen molar-refractivity contribution in [2.24, 2.45) is 5.73 Å². The molecule has 5 rings (SSSR count). The number of H-pyrrole nitrogens is 1. The van der Waals surface area contributed by atoms with E-state index in [1.165, 1.54) is 17.6 Å². The van der Waals surface area contributed by atoms with Gasteiger partial charge in [-0.25, -0.2) is 9.18 Å². The second-order valence-electron chi connectivity index (χ2n) is 8.57. The van der Waals surface area contributed by atoms with Gasteiger partial charge in [-0.2, -0.15) is 0 Å². The lowest BCUT2D eigenvalue weighted by molar-refractivity contribution is 0.259. The maximum atomic E-state index is 15.9. The van der Waals surface area contributed by atoms with Gasteiger partial charge < -0.3 is 10.5 Å². The number of aryl methyl sites for hydroxylation is 1. The molecule has 2 heterocycles. The fourth-order valence-electron chi connectivity index (χ4n) is 5.14. The zero-order valence-corrected chi connectivity index (χ0v) is 18.0. The van der Waals surface area contributed by atoms with Gasteiger partial charge in [0, 0.05) is 15.8 Å². The summed E-state index contributed by atoms with van der Waals surface area (Å²) < 4.78 is 22.9. The quantitative estimate of drug-likeness (QED) is 0.765. The Labute approximate surface area is 176 Å². The van der Waals surface area contributed by atoms with Crippen molar-refractivity contribution in [3.05, 3.63) is 52.8 Å². The number of halogens is 1. The van der Waals surface area contributed by atoms with Crippen LogP contribution in [0.5, 0.6) is 0 Å². The van der Waals surface area contributed by atoms with Gasteiger partial charge in [0.1, 0.15) is 11.0 Å². The van der Waals surface area contributed by atoms with E-state index in [1.54, 1.807) is 15.9 Å². The smallest absolute Gasteiger partial charge is 0.329 e. The first-order valence-corrected chi connectivity index (χ1v) is 11.4. The summed E-state index contributed by atoms with van der Waals surface area (Å²) in [5.74, 6) is -0.253. The second-order valence-corrected chi connectivity index (χ2v) is 9.74. The Balaban J connectivity index is 1.79. The topological polar surface area (TPSA) is 90.1 Å². The molecule has 0 saturated heterocycles. The summed E-state index contributed by atoms with van der Waals surface area (Å²) in [6.07, 6.45) is 3.41. The monoisotopic (exact) mass is 431 g/mol. The molecule has 3 aliphatic carbocycles. The number of thiophene rings is 1. The Morgan fingerprint density at radius 1 is 1.33 bits per heavy atom. The van der Waals surface area contributed by atoms with E-state index in [2.05, 4.69) is 11.1 Å². The van der Waals surface area contributed by atoms with Crippen LogP contribution in [0, 0.1) is 0 Å². The molecule has 1 saturated carbocycles. The van der Waals surface area contributed by atoms with Crippen molar-refractivity contribution in [3.63, 3.8) is 0 Å². The first-order chi connectivity index (χ1) is 14.5. The summed E-state index contributed by atoms with van der Waals surface area (Å²) in [7, 11) is 1.39. The first kappa shape index (κ1) is 19.8. The van der Waals surface area contributed by atoms with Crippen LogP contribution in [0.4, 0.5) is 4.39 Å². The van der Waals surface area contributed by atoms with E-state index in [0.29, 0.717) is 17.8 Å². The molecule has 0 aliphatic heterocycles. The summed E-state index contributed by atoms with van der Waals surface area (Å²) in [6, 6.07) is 2.15. The van der Waals surface area contributed by atoms with Crippen LogP contribution in [-0.2, 0) is 11.2 Å². The van der Waals surface area contributed by atoms with Crippen LogP contribution in [0.3, 0.4) is 0 Å². The molecule has 2 aromatic rings. The van der Waals surface area contributed by atoms with Crippen molar-refractivity contribution in [2.45, 2.75) is 63.1 Å². The zero-order valence-electron chi connectivity index (χ0n) is 17.2. The van der Waals surface area contributed by atoms with Crippen LogP contribution in [0.15, 0.2) is 15.7 Å². The molecular formula is C22H26FN3O3S. The summed E-state index contributed by atoms with van der Waals surface area (Å²) in [5.41, 5.74) is 6.92. The Morgan fingerprint density at radius 3 is 2.77 bits per heavy atom. The first-order valence-electron chi connectivity index (χ1n) is 10.6. The van der Waals surface area contributed by atoms with Crippen molar-refractivity contribution in [3.8, 4) is 0 Å². The predicted octanol–water partition coefficient (Wildman–Crippen LogP) is 1.37. The molecule has 160 valence electrons. The number of aromatic nitrogens is 2. The minimum Gasteiger partial charge on any atom is -0.497 e. The van der Waals surface area contributed by atoms with E-state index in [9.17, 15) is 9.59 Å². The largest absolute Gasteiger partial charge is 0.497 e. The van der Waals surface area contributed by atoms with Crippen molar-refractivity contribution in [1.82, 2.24) is 9.55 Å². The molecule has 3 aliphatic rings. The molecule has 3 unspecified atom stereocenters. The number of nitrogens with one attached hydrogen (secondary N) is 1. The third-order valence-electron chi connectivity index (χ3n) is 6.75. The van der Waals surface area contributed by atoms with E-state index in [4.69, 9.17) is 10.5 Å². The molecule has 8 heteroatoms. The Kier molecular flexibility index (Phi) is 4.74. The predicted molar refractivity (Wildman–Crippen MR) is 115 cm³/mol. The average Bonchev–Trinajstić information content (AvgIpc) is 3.46. The molecule has 30 heavy (non-hydrogen) atoms. The maximum absolute atomic E-state index is 15.9. The summed E-state index contributed by atoms with van der Waals surface area (Å²) in [5, 5.41) is 0.690. The van der Waals surface area contributed by atoms with Gasteiger partial charge in [-0.1, -0.05) is 0 Å². The third kappa shape index (κ3) is 2.84. The SMILES string of the molecule is COC1=c2c(=O)[nH]c(=O)n(C3CC3)c2=C(C)C(c2cc3c(s2)CCCC3CN)C1F. The lowest BCUT2D eigenvalue weighted by Gasteiger charge is -2.27. The number of methoxy groups -OCH3 is 1. The Bertz CT molecular complexity index is 1250. The van der Waals surface area contributed by atoms with Crippen molar-refractivity contribution in [2.75, 3.05) is 13.7 Å². The fourth-order valence-corrected chi connectivity index (χ4v) is 6.63. The van der Waals surface area contributed by atoms with Crippen molar-refractivity contribution < 1.29 is 9.13 Å². The van der Waals surface area contributed by atoms with Crippen LogP contribution in [-0.4, -0.2) is 29.4 Å². The van der Waals surface area contributed by atoms with Gasteiger partial charge in [0.25, 0.3) is 5.56 Å². The zero-order chi connectivity index (χ0) is 21.2. The number of nitrogens with two attached hydrogens (primary N) is 1. The van der Waals surface area contributed by atoms with Gasteiger partial charge in [-0.05, 0) is 68.7 Å². The molecule has 0 bridgehead atoms. The number of alkyl halides is 1. The van der Waals surface area contributed by atoms with Gasteiger partial charge >= 0.3 is 5.69 Å². The van der Waals surface area contributed by atoms with Crippen LogP contribution in [0.25, 0.3) is 11.3 Å². The standard InChI is InChI=1S/C22H26FN3O3S/c1-10-16(15-8-13-11(9-24)4-3-5-14(13)30-15)18(23)20(29-2)17-19(10)26(12-6-7-12)22(28)25-21(17)27/h8,11-12,16,18H,3-7,9,24H2,1-2H3,(H,25,27,28). The third-order valence-corrected chi connectivity index (χ3v) is 8.05. The molecule has 3 atom stereocenters.